The molecule has 0 radical (unpaired) electrons. The van der Waals surface area contributed by atoms with Gasteiger partial charge in [0.15, 0.2) is 0 Å². The molecule has 2 aliphatic rings. The summed E-state index contributed by atoms with van der Waals surface area (Å²) in [7, 11) is 0. The molecule has 2 atom stereocenters. The molecule has 2 unspecified atom stereocenters. The van der Waals surface area contributed by atoms with Crippen LogP contribution in [0.2, 0.25) is 0 Å². The second-order valence-electron chi connectivity index (χ2n) is 4.79. The largest absolute Gasteiger partial charge is 0.367 e. The van der Waals surface area contributed by atoms with Crippen LogP contribution in [0.5, 0.6) is 0 Å². The number of pyridine rings is 1. The second kappa shape index (κ2) is 2.97. The molecule has 2 heteroatoms. The molecule has 2 nitrogen and oxygen atoms in total. The first-order chi connectivity index (χ1) is 6.81. The Kier molecular flexibility index (Phi) is 1.76. The van der Waals surface area contributed by atoms with Gasteiger partial charge in [0.25, 0.3) is 0 Å². The maximum atomic E-state index is 4.33. The number of rotatable bonds is 2. The van der Waals surface area contributed by atoms with E-state index < -0.39 is 0 Å². The summed E-state index contributed by atoms with van der Waals surface area (Å²) < 4.78 is 0. The fraction of sp³-hybridized carbons (Fsp3) is 0.583. The highest BCUT2D eigenvalue weighted by Crippen LogP contribution is 2.52. The van der Waals surface area contributed by atoms with Crippen molar-refractivity contribution >= 4 is 5.82 Å². The number of fused-ring (bicyclic) bond motifs is 1. The molecule has 74 valence electrons. The first kappa shape index (κ1) is 8.27. The summed E-state index contributed by atoms with van der Waals surface area (Å²) in [6.07, 6.45) is 6.09. The van der Waals surface area contributed by atoms with Gasteiger partial charge in [-0.1, -0.05) is 0 Å². The lowest BCUT2D eigenvalue weighted by Gasteiger charge is -2.14. The van der Waals surface area contributed by atoms with Crippen molar-refractivity contribution < 1.29 is 0 Å². The molecule has 0 aromatic carbocycles. The predicted molar refractivity (Wildman–Crippen MR) is 57.2 cm³/mol. The molecule has 1 aromatic rings. The monoisotopic (exact) mass is 188 g/mol. The molecule has 2 fully saturated rings. The molecule has 0 spiro atoms. The van der Waals surface area contributed by atoms with Gasteiger partial charge in [-0.05, 0) is 55.7 Å². The van der Waals surface area contributed by atoms with Gasteiger partial charge in [-0.3, -0.25) is 0 Å². The van der Waals surface area contributed by atoms with Crippen LogP contribution < -0.4 is 5.32 Å². The third kappa shape index (κ3) is 1.49. The van der Waals surface area contributed by atoms with E-state index in [4.69, 9.17) is 0 Å². The van der Waals surface area contributed by atoms with E-state index in [1.807, 2.05) is 12.3 Å². The van der Waals surface area contributed by atoms with Crippen LogP contribution in [-0.2, 0) is 0 Å². The predicted octanol–water partition coefficient (Wildman–Crippen LogP) is 2.60. The Morgan fingerprint density at radius 2 is 2.07 bits per heavy atom. The van der Waals surface area contributed by atoms with Crippen LogP contribution in [0.25, 0.3) is 0 Å². The second-order valence-corrected chi connectivity index (χ2v) is 4.79. The van der Waals surface area contributed by atoms with Gasteiger partial charge in [-0.15, -0.1) is 0 Å². The molecule has 1 aromatic heterocycles. The van der Waals surface area contributed by atoms with E-state index in [0.29, 0.717) is 6.04 Å². The number of hydrogen-bond donors (Lipinski definition) is 1. The van der Waals surface area contributed by atoms with Crippen LogP contribution in [0.15, 0.2) is 18.3 Å². The summed E-state index contributed by atoms with van der Waals surface area (Å²) in [5, 5.41) is 3.53. The number of anilines is 1. The van der Waals surface area contributed by atoms with Crippen LogP contribution in [0, 0.1) is 18.8 Å². The molecule has 0 saturated heterocycles. The fourth-order valence-electron chi connectivity index (χ4n) is 2.66. The molecular weight excluding hydrogens is 172 g/mol. The minimum absolute atomic E-state index is 0.688. The quantitative estimate of drug-likeness (QED) is 0.771. The van der Waals surface area contributed by atoms with E-state index in [0.717, 1.165) is 17.7 Å². The standard InChI is InChI=1S/C12H16N2/c1-8-2-3-13-12(4-8)14-11-6-9-5-10(9)7-11/h2-4,9-11H,5-7H2,1H3,(H,13,14). The van der Waals surface area contributed by atoms with Crippen molar-refractivity contribution in [3.8, 4) is 0 Å². The van der Waals surface area contributed by atoms with Gasteiger partial charge >= 0.3 is 0 Å². The van der Waals surface area contributed by atoms with Crippen LogP contribution >= 0.6 is 0 Å². The minimum atomic E-state index is 0.688. The zero-order valence-corrected chi connectivity index (χ0v) is 8.53. The van der Waals surface area contributed by atoms with Crippen molar-refractivity contribution in [2.45, 2.75) is 32.2 Å². The van der Waals surface area contributed by atoms with E-state index in [9.17, 15) is 0 Å². The summed E-state index contributed by atoms with van der Waals surface area (Å²) in [5.41, 5.74) is 1.28. The number of nitrogens with one attached hydrogen (secondary N) is 1. The fourth-order valence-corrected chi connectivity index (χ4v) is 2.66. The molecule has 0 aliphatic heterocycles. The average molecular weight is 188 g/mol. The maximum Gasteiger partial charge on any atom is 0.126 e. The smallest absolute Gasteiger partial charge is 0.126 e. The van der Waals surface area contributed by atoms with Crippen molar-refractivity contribution in [1.29, 1.82) is 0 Å². The Labute approximate surface area is 84.7 Å². The van der Waals surface area contributed by atoms with Gasteiger partial charge in [-0.25, -0.2) is 4.98 Å². The molecule has 0 bridgehead atoms. The zero-order chi connectivity index (χ0) is 9.54. The number of aromatic nitrogens is 1. The molecule has 3 rings (SSSR count). The Bertz CT molecular complexity index is 338. The molecule has 1 N–H and O–H groups in total. The van der Waals surface area contributed by atoms with Crippen molar-refractivity contribution in [2.75, 3.05) is 5.32 Å². The number of nitrogens with zero attached hydrogens (tertiary/aromatic N) is 1. The Hall–Kier alpha value is -1.05. The highest BCUT2D eigenvalue weighted by atomic mass is 15.0. The average Bonchev–Trinajstić information content (AvgIpc) is 2.74. The SMILES string of the molecule is Cc1ccnc(NC2CC3CC3C2)c1. The molecule has 14 heavy (non-hydrogen) atoms. The van der Waals surface area contributed by atoms with E-state index in [-0.39, 0.29) is 0 Å². The van der Waals surface area contributed by atoms with Gasteiger partial charge in [0.2, 0.25) is 0 Å². The van der Waals surface area contributed by atoms with Crippen molar-refractivity contribution in [3.63, 3.8) is 0 Å². The van der Waals surface area contributed by atoms with Crippen molar-refractivity contribution in [1.82, 2.24) is 4.98 Å². The summed E-state index contributed by atoms with van der Waals surface area (Å²) >= 11 is 0. The molecule has 2 aliphatic carbocycles. The van der Waals surface area contributed by atoms with Crippen LogP contribution in [-0.4, -0.2) is 11.0 Å². The molecule has 1 heterocycles. The summed E-state index contributed by atoms with van der Waals surface area (Å²) in [5.74, 6) is 3.13. The van der Waals surface area contributed by atoms with Gasteiger partial charge in [0.05, 0.1) is 0 Å². The highest BCUT2D eigenvalue weighted by molar-refractivity contribution is 5.38. The summed E-state index contributed by atoms with van der Waals surface area (Å²) in [6.45, 7) is 2.11. The maximum absolute atomic E-state index is 4.33. The number of aryl methyl sites for hydroxylation is 1. The minimum Gasteiger partial charge on any atom is -0.367 e. The van der Waals surface area contributed by atoms with Gasteiger partial charge in [0, 0.05) is 12.2 Å². The summed E-state index contributed by atoms with van der Waals surface area (Å²) in [6, 6.07) is 4.86. The van der Waals surface area contributed by atoms with Crippen molar-refractivity contribution in [3.05, 3.63) is 23.9 Å². The molecular formula is C12H16N2. The van der Waals surface area contributed by atoms with Gasteiger partial charge in [0.1, 0.15) is 5.82 Å². The third-order valence-electron chi connectivity index (χ3n) is 3.51. The normalized spacial score (nSPS) is 33.9. The summed E-state index contributed by atoms with van der Waals surface area (Å²) in [4.78, 5) is 4.33. The Morgan fingerprint density at radius 3 is 2.79 bits per heavy atom. The van der Waals surface area contributed by atoms with E-state index in [2.05, 4.69) is 23.3 Å². The molecule has 2 saturated carbocycles. The lowest BCUT2D eigenvalue weighted by molar-refractivity contribution is 0.649. The first-order valence-corrected chi connectivity index (χ1v) is 5.50. The van der Waals surface area contributed by atoms with E-state index in [1.54, 1.807) is 0 Å². The zero-order valence-electron chi connectivity index (χ0n) is 8.53. The van der Waals surface area contributed by atoms with Gasteiger partial charge < -0.3 is 5.32 Å². The van der Waals surface area contributed by atoms with E-state index in [1.165, 1.54) is 24.8 Å². The van der Waals surface area contributed by atoms with E-state index >= 15 is 0 Å². The Morgan fingerprint density at radius 1 is 1.29 bits per heavy atom. The first-order valence-electron chi connectivity index (χ1n) is 5.50. The number of hydrogen-bond acceptors (Lipinski definition) is 2. The van der Waals surface area contributed by atoms with Gasteiger partial charge in [-0.2, -0.15) is 0 Å². The highest BCUT2D eigenvalue weighted by Gasteiger charge is 2.45. The van der Waals surface area contributed by atoms with Crippen molar-refractivity contribution in [2.24, 2.45) is 11.8 Å². The third-order valence-corrected chi connectivity index (χ3v) is 3.51. The lowest BCUT2D eigenvalue weighted by Crippen LogP contribution is -2.17. The lowest BCUT2D eigenvalue weighted by atomic mass is 10.1. The van der Waals surface area contributed by atoms with Crippen LogP contribution in [0.3, 0.4) is 0 Å². The Balaban J connectivity index is 1.66. The van der Waals surface area contributed by atoms with Crippen LogP contribution in [0.4, 0.5) is 5.82 Å². The molecule has 0 amide bonds. The topological polar surface area (TPSA) is 24.9 Å². The van der Waals surface area contributed by atoms with Crippen LogP contribution in [0.1, 0.15) is 24.8 Å².